The highest BCUT2D eigenvalue weighted by Crippen LogP contribution is 2.17. The molecular formula is C11H16N2O7. The molecule has 0 aromatic carbocycles. The van der Waals surface area contributed by atoms with Gasteiger partial charge in [-0.05, 0) is 19.3 Å². The monoisotopic (exact) mass is 288 g/mol. The Kier molecular flexibility index (Phi) is 5.44. The number of amides is 2. The van der Waals surface area contributed by atoms with Crippen molar-refractivity contribution in [2.75, 3.05) is 13.1 Å². The van der Waals surface area contributed by atoms with Gasteiger partial charge in [0.1, 0.15) is 6.04 Å². The third kappa shape index (κ3) is 3.92. The average Bonchev–Trinajstić information content (AvgIpc) is 2.43. The van der Waals surface area contributed by atoms with Gasteiger partial charge < -0.3 is 25.5 Å². The summed E-state index contributed by atoms with van der Waals surface area (Å²) in [5.41, 5.74) is 0. The highest BCUT2D eigenvalue weighted by molar-refractivity contribution is 6.35. The van der Waals surface area contributed by atoms with E-state index >= 15 is 0 Å². The second-order valence-electron chi connectivity index (χ2n) is 4.41. The lowest BCUT2D eigenvalue weighted by Crippen LogP contribution is -2.53. The van der Waals surface area contributed by atoms with Gasteiger partial charge in [0.25, 0.3) is 0 Å². The van der Waals surface area contributed by atoms with Crippen molar-refractivity contribution in [1.29, 1.82) is 0 Å². The van der Waals surface area contributed by atoms with Gasteiger partial charge in [0.2, 0.25) is 0 Å². The first kappa shape index (κ1) is 15.9. The lowest BCUT2D eigenvalue weighted by molar-refractivity contribution is -0.156. The van der Waals surface area contributed by atoms with Gasteiger partial charge in [-0.1, -0.05) is 0 Å². The highest BCUT2D eigenvalue weighted by atomic mass is 16.4. The number of aliphatic hydroxyl groups is 1. The molecule has 2 atom stereocenters. The summed E-state index contributed by atoms with van der Waals surface area (Å²) >= 11 is 0. The standard InChI is InChI=1S/C11H16N2O7/c14-7(11(19)20)5-12-8(15)9(16)13-4-2-1-3-6(13)10(17)18/h6-7,14H,1-5H2,(H,12,15)(H,17,18)(H,19,20)/t6-,7?/m1/s1. The molecule has 0 saturated carbocycles. The molecule has 1 aliphatic heterocycles. The number of carbonyl (C=O) groups excluding carboxylic acids is 2. The van der Waals surface area contributed by atoms with Crippen molar-refractivity contribution >= 4 is 23.8 Å². The number of carbonyl (C=O) groups is 4. The van der Waals surface area contributed by atoms with Crippen LogP contribution >= 0.6 is 0 Å². The van der Waals surface area contributed by atoms with Gasteiger partial charge in [-0.15, -0.1) is 0 Å². The summed E-state index contributed by atoms with van der Waals surface area (Å²) in [5, 5.41) is 28.4. The van der Waals surface area contributed by atoms with Gasteiger partial charge in [-0.25, -0.2) is 9.59 Å². The number of likely N-dealkylation sites (tertiary alicyclic amines) is 1. The number of hydrogen-bond donors (Lipinski definition) is 4. The first-order valence-electron chi connectivity index (χ1n) is 6.07. The fourth-order valence-electron chi connectivity index (χ4n) is 1.91. The minimum Gasteiger partial charge on any atom is -0.480 e. The molecule has 1 aliphatic rings. The Balaban J connectivity index is 2.60. The maximum absolute atomic E-state index is 11.8. The molecule has 1 heterocycles. The van der Waals surface area contributed by atoms with Crippen molar-refractivity contribution in [3.05, 3.63) is 0 Å². The molecule has 0 bridgehead atoms. The van der Waals surface area contributed by atoms with Gasteiger partial charge in [0.15, 0.2) is 6.10 Å². The molecule has 9 heteroatoms. The Morgan fingerprint density at radius 2 is 1.85 bits per heavy atom. The van der Waals surface area contributed by atoms with Crippen LogP contribution in [0.2, 0.25) is 0 Å². The van der Waals surface area contributed by atoms with Crippen LogP contribution < -0.4 is 5.32 Å². The molecule has 1 unspecified atom stereocenters. The van der Waals surface area contributed by atoms with E-state index in [9.17, 15) is 19.2 Å². The Morgan fingerprint density at radius 1 is 1.20 bits per heavy atom. The minimum absolute atomic E-state index is 0.157. The molecule has 0 radical (unpaired) electrons. The van der Waals surface area contributed by atoms with E-state index < -0.39 is 42.4 Å². The Hall–Kier alpha value is -2.16. The Bertz CT molecular complexity index is 423. The summed E-state index contributed by atoms with van der Waals surface area (Å²) in [6.45, 7) is -0.462. The van der Waals surface area contributed by atoms with E-state index in [0.717, 1.165) is 4.90 Å². The van der Waals surface area contributed by atoms with Crippen LogP contribution in [0, 0.1) is 0 Å². The normalized spacial score (nSPS) is 20.1. The van der Waals surface area contributed by atoms with Crippen LogP contribution in [-0.2, 0) is 19.2 Å². The zero-order valence-electron chi connectivity index (χ0n) is 10.6. The molecule has 1 fully saturated rings. The summed E-state index contributed by atoms with van der Waals surface area (Å²) in [7, 11) is 0. The van der Waals surface area contributed by atoms with Crippen LogP contribution in [0.15, 0.2) is 0 Å². The van der Waals surface area contributed by atoms with Gasteiger partial charge in [-0.3, -0.25) is 9.59 Å². The molecule has 0 spiro atoms. The van der Waals surface area contributed by atoms with Crippen LogP contribution in [-0.4, -0.2) is 69.2 Å². The number of rotatable bonds is 4. The van der Waals surface area contributed by atoms with Gasteiger partial charge in [0.05, 0.1) is 6.54 Å². The molecule has 1 saturated heterocycles. The fourth-order valence-corrected chi connectivity index (χ4v) is 1.91. The van der Waals surface area contributed by atoms with E-state index in [0.29, 0.717) is 12.8 Å². The van der Waals surface area contributed by atoms with E-state index in [1.165, 1.54) is 0 Å². The van der Waals surface area contributed by atoms with Gasteiger partial charge >= 0.3 is 23.8 Å². The summed E-state index contributed by atoms with van der Waals surface area (Å²) in [5.74, 6) is -4.87. The van der Waals surface area contributed by atoms with Gasteiger partial charge in [-0.2, -0.15) is 0 Å². The summed E-state index contributed by atoms with van der Waals surface area (Å²) < 4.78 is 0. The maximum Gasteiger partial charge on any atom is 0.334 e. The predicted octanol–water partition coefficient (Wildman–Crippen LogP) is -1.99. The molecule has 0 aromatic rings. The van der Waals surface area contributed by atoms with Crippen molar-refractivity contribution in [2.45, 2.75) is 31.4 Å². The topological polar surface area (TPSA) is 144 Å². The summed E-state index contributed by atoms with van der Waals surface area (Å²) in [6, 6.07) is -1.05. The van der Waals surface area contributed by atoms with E-state index in [1.807, 2.05) is 5.32 Å². The molecule has 20 heavy (non-hydrogen) atoms. The van der Waals surface area contributed by atoms with Crippen LogP contribution in [0.3, 0.4) is 0 Å². The first-order chi connectivity index (χ1) is 9.34. The minimum atomic E-state index is -1.82. The lowest BCUT2D eigenvalue weighted by Gasteiger charge is -2.32. The number of piperidine rings is 1. The molecule has 112 valence electrons. The van der Waals surface area contributed by atoms with Crippen LogP contribution in [0.5, 0.6) is 0 Å². The van der Waals surface area contributed by atoms with Crippen molar-refractivity contribution < 1.29 is 34.5 Å². The summed E-state index contributed by atoms with van der Waals surface area (Å²) in [6.07, 6.45) is -0.296. The number of aliphatic hydroxyl groups excluding tert-OH is 1. The van der Waals surface area contributed by atoms with Crippen LogP contribution in [0.25, 0.3) is 0 Å². The number of carboxylic acid groups (broad SMARTS) is 2. The molecular weight excluding hydrogens is 272 g/mol. The second-order valence-corrected chi connectivity index (χ2v) is 4.41. The Morgan fingerprint density at radius 3 is 2.40 bits per heavy atom. The zero-order valence-corrected chi connectivity index (χ0v) is 10.6. The Labute approximate surface area is 114 Å². The first-order valence-corrected chi connectivity index (χ1v) is 6.07. The van der Waals surface area contributed by atoms with Crippen molar-refractivity contribution in [3.8, 4) is 0 Å². The molecule has 0 aromatic heterocycles. The van der Waals surface area contributed by atoms with E-state index in [2.05, 4.69) is 0 Å². The number of nitrogens with one attached hydrogen (secondary N) is 1. The second kappa shape index (κ2) is 6.85. The molecule has 1 rings (SSSR count). The molecule has 4 N–H and O–H groups in total. The van der Waals surface area contributed by atoms with E-state index in [1.54, 1.807) is 0 Å². The van der Waals surface area contributed by atoms with Crippen molar-refractivity contribution in [1.82, 2.24) is 10.2 Å². The average molecular weight is 288 g/mol. The smallest absolute Gasteiger partial charge is 0.334 e. The van der Waals surface area contributed by atoms with Crippen molar-refractivity contribution in [3.63, 3.8) is 0 Å². The third-order valence-corrected chi connectivity index (χ3v) is 2.98. The van der Waals surface area contributed by atoms with Gasteiger partial charge in [0, 0.05) is 6.54 Å². The quantitative estimate of drug-likeness (QED) is 0.438. The zero-order chi connectivity index (χ0) is 15.3. The largest absolute Gasteiger partial charge is 0.480 e. The lowest BCUT2D eigenvalue weighted by atomic mass is 10.0. The number of hydrogen-bond acceptors (Lipinski definition) is 5. The van der Waals surface area contributed by atoms with Crippen LogP contribution in [0.4, 0.5) is 0 Å². The predicted molar refractivity (Wildman–Crippen MR) is 63.6 cm³/mol. The number of carboxylic acids is 2. The van der Waals surface area contributed by atoms with E-state index in [4.69, 9.17) is 15.3 Å². The fraction of sp³-hybridized carbons (Fsp3) is 0.636. The SMILES string of the molecule is O=C(NCC(O)C(=O)O)C(=O)N1CCCC[C@@H]1C(=O)O. The van der Waals surface area contributed by atoms with Crippen molar-refractivity contribution in [2.24, 2.45) is 0 Å². The van der Waals surface area contributed by atoms with Crippen LogP contribution in [0.1, 0.15) is 19.3 Å². The third-order valence-electron chi connectivity index (χ3n) is 2.98. The maximum atomic E-state index is 11.8. The summed E-state index contributed by atoms with van der Waals surface area (Å²) in [4.78, 5) is 45.7. The number of aliphatic carboxylic acids is 2. The molecule has 9 nitrogen and oxygen atoms in total. The molecule has 0 aliphatic carbocycles. The number of nitrogens with zero attached hydrogens (tertiary/aromatic N) is 1. The highest BCUT2D eigenvalue weighted by Gasteiger charge is 2.35. The molecule has 2 amide bonds. The van der Waals surface area contributed by atoms with E-state index in [-0.39, 0.29) is 13.0 Å².